The normalized spacial score (nSPS) is 10.7. The van der Waals surface area contributed by atoms with Gasteiger partial charge in [-0.15, -0.1) is 0 Å². The summed E-state index contributed by atoms with van der Waals surface area (Å²) >= 11 is 0. The van der Waals surface area contributed by atoms with Crippen LogP contribution in [0, 0.1) is 6.92 Å². The molecule has 1 aromatic rings. The van der Waals surface area contributed by atoms with Crippen molar-refractivity contribution in [3.8, 4) is 0 Å². The maximum atomic E-state index is 11.4. The lowest BCUT2D eigenvalue weighted by Crippen LogP contribution is -2.22. The predicted molar refractivity (Wildman–Crippen MR) is 69.7 cm³/mol. The van der Waals surface area contributed by atoms with E-state index >= 15 is 0 Å². The summed E-state index contributed by atoms with van der Waals surface area (Å²) < 4.78 is 4.89. The molecule has 0 heterocycles. The van der Waals surface area contributed by atoms with Crippen LogP contribution in [0.4, 0.5) is 0 Å². The van der Waals surface area contributed by atoms with Crippen LogP contribution in [-0.2, 0) is 9.53 Å². The third-order valence-electron chi connectivity index (χ3n) is 2.33. The van der Waals surface area contributed by atoms with Gasteiger partial charge in [0.2, 0.25) is 5.91 Å². The Morgan fingerprint density at radius 2 is 2.06 bits per heavy atom. The second kappa shape index (κ2) is 7.63. The average molecular weight is 233 g/mol. The lowest BCUT2D eigenvalue weighted by Gasteiger charge is -2.01. The summed E-state index contributed by atoms with van der Waals surface area (Å²) in [6.45, 7) is 3.35. The van der Waals surface area contributed by atoms with E-state index in [1.807, 2.05) is 37.3 Å². The molecule has 17 heavy (non-hydrogen) atoms. The Kier molecular flexibility index (Phi) is 6.04. The molecular weight excluding hydrogens is 214 g/mol. The second-order valence-corrected chi connectivity index (χ2v) is 3.88. The number of amides is 1. The molecule has 0 atom stereocenters. The zero-order chi connectivity index (χ0) is 12.5. The first-order valence-electron chi connectivity index (χ1n) is 5.74. The van der Waals surface area contributed by atoms with Gasteiger partial charge < -0.3 is 10.1 Å². The van der Waals surface area contributed by atoms with E-state index in [2.05, 4.69) is 5.32 Å². The fraction of sp³-hybridized carbons (Fsp3) is 0.357. The molecule has 92 valence electrons. The van der Waals surface area contributed by atoms with Crippen molar-refractivity contribution in [2.75, 3.05) is 20.3 Å². The number of methoxy groups -OCH3 is 1. The number of hydrogen-bond acceptors (Lipinski definition) is 2. The highest BCUT2D eigenvalue weighted by molar-refractivity contribution is 5.91. The third-order valence-corrected chi connectivity index (χ3v) is 2.33. The highest BCUT2D eigenvalue weighted by atomic mass is 16.5. The van der Waals surface area contributed by atoms with Crippen LogP contribution in [0.5, 0.6) is 0 Å². The molecule has 3 heteroatoms. The minimum absolute atomic E-state index is 0.0679. The first-order valence-corrected chi connectivity index (χ1v) is 5.74. The monoisotopic (exact) mass is 233 g/mol. The molecule has 0 aliphatic carbocycles. The van der Waals surface area contributed by atoms with Gasteiger partial charge >= 0.3 is 0 Å². The predicted octanol–water partition coefficient (Wildman–Crippen LogP) is 2.16. The number of carbonyl (C=O) groups excluding carboxylic acids is 1. The minimum Gasteiger partial charge on any atom is -0.385 e. The van der Waals surface area contributed by atoms with E-state index in [4.69, 9.17) is 4.74 Å². The molecule has 1 N–H and O–H groups in total. The lowest BCUT2D eigenvalue weighted by molar-refractivity contribution is -0.116. The van der Waals surface area contributed by atoms with E-state index in [0.29, 0.717) is 13.2 Å². The number of benzene rings is 1. The van der Waals surface area contributed by atoms with E-state index in [0.717, 1.165) is 12.0 Å². The van der Waals surface area contributed by atoms with Crippen molar-refractivity contribution in [1.29, 1.82) is 0 Å². The van der Waals surface area contributed by atoms with Gasteiger partial charge in [-0.2, -0.15) is 0 Å². The maximum absolute atomic E-state index is 11.4. The van der Waals surface area contributed by atoms with E-state index in [1.54, 1.807) is 13.2 Å². The van der Waals surface area contributed by atoms with Crippen molar-refractivity contribution in [2.24, 2.45) is 0 Å². The molecule has 0 saturated carbocycles. The molecule has 1 amide bonds. The van der Waals surface area contributed by atoms with Crippen LogP contribution >= 0.6 is 0 Å². The molecular formula is C14H19NO2. The van der Waals surface area contributed by atoms with Crippen LogP contribution < -0.4 is 5.32 Å². The first-order chi connectivity index (χ1) is 8.22. The number of rotatable bonds is 6. The minimum atomic E-state index is -0.0679. The van der Waals surface area contributed by atoms with E-state index in [-0.39, 0.29) is 5.91 Å². The highest BCUT2D eigenvalue weighted by Crippen LogP contribution is 2.04. The lowest BCUT2D eigenvalue weighted by atomic mass is 10.1. The van der Waals surface area contributed by atoms with Crippen molar-refractivity contribution < 1.29 is 9.53 Å². The van der Waals surface area contributed by atoms with Gasteiger partial charge in [-0.25, -0.2) is 0 Å². The van der Waals surface area contributed by atoms with Crippen molar-refractivity contribution in [3.05, 3.63) is 41.5 Å². The second-order valence-electron chi connectivity index (χ2n) is 3.88. The van der Waals surface area contributed by atoms with Gasteiger partial charge in [0.05, 0.1) is 0 Å². The Balaban J connectivity index is 2.32. The van der Waals surface area contributed by atoms with Crippen molar-refractivity contribution in [1.82, 2.24) is 5.32 Å². The molecule has 1 rings (SSSR count). The van der Waals surface area contributed by atoms with Crippen LogP contribution in [-0.4, -0.2) is 26.2 Å². The molecule has 3 nitrogen and oxygen atoms in total. The van der Waals surface area contributed by atoms with Crippen LogP contribution in [0.15, 0.2) is 30.3 Å². The topological polar surface area (TPSA) is 38.3 Å². The Bertz CT molecular complexity index is 368. The molecule has 1 aromatic carbocycles. The van der Waals surface area contributed by atoms with Gasteiger partial charge in [0, 0.05) is 26.3 Å². The molecule has 0 saturated heterocycles. The fourth-order valence-corrected chi connectivity index (χ4v) is 1.34. The Morgan fingerprint density at radius 1 is 1.35 bits per heavy atom. The zero-order valence-electron chi connectivity index (χ0n) is 10.4. The van der Waals surface area contributed by atoms with Gasteiger partial charge in [0.15, 0.2) is 0 Å². The molecule has 0 spiro atoms. The first kappa shape index (κ1) is 13.5. The van der Waals surface area contributed by atoms with Gasteiger partial charge in [-0.1, -0.05) is 29.8 Å². The molecule has 0 unspecified atom stereocenters. The summed E-state index contributed by atoms with van der Waals surface area (Å²) in [5, 5.41) is 2.79. The average Bonchev–Trinajstić information content (AvgIpc) is 2.34. The molecule has 0 bridgehead atoms. The van der Waals surface area contributed by atoms with E-state index in [1.165, 1.54) is 5.56 Å². The number of ether oxygens (including phenoxy) is 1. The van der Waals surface area contributed by atoms with Crippen molar-refractivity contribution in [3.63, 3.8) is 0 Å². The number of aryl methyl sites for hydroxylation is 1. The largest absolute Gasteiger partial charge is 0.385 e. The summed E-state index contributed by atoms with van der Waals surface area (Å²) in [5.41, 5.74) is 2.24. The van der Waals surface area contributed by atoms with Gasteiger partial charge in [-0.3, -0.25) is 4.79 Å². The van der Waals surface area contributed by atoms with Gasteiger partial charge in [0.1, 0.15) is 0 Å². The summed E-state index contributed by atoms with van der Waals surface area (Å²) in [7, 11) is 1.65. The van der Waals surface area contributed by atoms with Gasteiger partial charge in [-0.05, 0) is 25.0 Å². The molecule has 0 aliphatic heterocycles. The zero-order valence-corrected chi connectivity index (χ0v) is 10.4. The number of hydrogen-bond donors (Lipinski definition) is 1. The van der Waals surface area contributed by atoms with Crippen molar-refractivity contribution in [2.45, 2.75) is 13.3 Å². The summed E-state index contributed by atoms with van der Waals surface area (Å²) in [5.74, 6) is -0.0679. The number of carbonyl (C=O) groups is 1. The smallest absolute Gasteiger partial charge is 0.244 e. The quantitative estimate of drug-likeness (QED) is 0.604. The summed E-state index contributed by atoms with van der Waals surface area (Å²) in [4.78, 5) is 11.4. The van der Waals surface area contributed by atoms with Crippen molar-refractivity contribution >= 4 is 12.0 Å². The Labute approximate surface area is 102 Å². The SMILES string of the molecule is COCCCNC(=O)/C=C/c1ccc(C)cc1. The van der Waals surface area contributed by atoms with E-state index < -0.39 is 0 Å². The Morgan fingerprint density at radius 3 is 2.71 bits per heavy atom. The summed E-state index contributed by atoms with van der Waals surface area (Å²) in [6, 6.07) is 8.03. The molecule has 0 aliphatic rings. The van der Waals surface area contributed by atoms with Crippen LogP contribution in [0.2, 0.25) is 0 Å². The summed E-state index contributed by atoms with van der Waals surface area (Å²) in [6.07, 6.45) is 4.20. The molecule has 0 radical (unpaired) electrons. The molecule has 0 aromatic heterocycles. The third kappa shape index (κ3) is 5.88. The number of nitrogens with one attached hydrogen (secondary N) is 1. The Hall–Kier alpha value is -1.61. The van der Waals surface area contributed by atoms with Crippen LogP contribution in [0.1, 0.15) is 17.5 Å². The van der Waals surface area contributed by atoms with E-state index in [9.17, 15) is 4.79 Å². The maximum Gasteiger partial charge on any atom is 0.244 e. The standard InChI is InChI=1S/C14H19NO2/c1-12-4-6-13(7-5-12)8-9-14(16)15-10-3-11-17-2/h4-9H,3,10-11H2,1-2H3,(H,15,16)/b9-8+. The molecule has 0 fully saturated rings. The van der Waals surface area contributed by atoms with Crippen LogP contribution in [0.3, 0.4) is 0 Å². The fourth-order valence-electron chi connectivity index (χ4n) is 1.34. The van der Waals surface area contributed by atoms with Gasteiger partial charge in [0.25, 0.3) is 0 Å². The highest BCUT2D eigenvalue weighted by Gasteiger charge is 1.94. The van der Waals surface area contributed by atoms with Crippen LogP contribution in [0.25, 0.3) is 6.08 Å².